The first-order chi connectivity index (χ1) is 9.60. The summed E-state index contributed by atoms with van der Waals surface area (Å²) in [5.41, 5.74) is 7.12. The predicted molar refractivity (Wildman–Crippen MR) is 81.0 cm³/mol. The average molecular weight is 291 g/mol. The van der Waals surface area contributed by atoms with Gasteiger partial charge in [-0.05, 0) is 31.2 Å². The van der Waals surface area contributed by atoms with E-state index >= 15 is 0 Å². The highest BCUT2D eigenvalue weighted by molar-refractivity contribution is 7.14. The highest BCUT2D eigenvalue weighted by atomic mass is 32.1. The van der Waals surface area contributed by atoms with E-state index in [2.05, 4.69) is 4.98 Å². The van der Waals surface area contributed by atoms with E-state index < -0.39 is 0 Å². The van der Waals surface area contributed by atoms with Crippen molar-refractivity contribution in [1.82, 2.24) is 4.98 Å². The van der Waals surface area contributed by atoms with Crippen molar-refractivity contribution in [2.24, 2.45) is 0 Å². The van der Waals surface area contributed by atoms with Gasteiger partial charge < -0.3 is 10.5 Å². The van der Waals surface area contributed by atoms with Crippen LogP contribution in [0.25, 0.3) is 0 Å². The van der Waals surface area contributed by atoms with Crippen LogP contribution in [0.4, 0.5) is 10.8 Å². The molecule has 0 fully saturated rings. The molecule has 1 amide bonds. The lowest BCUT2D eigenvalue weighted by molar-refractivity contribution is -0.116. The smallest absolute Gasteiger partial charge is 0.225 e. The second kappa shape index (κ2) is 6.38. The summed E-state index contributed by atoms with van der Waals surface area (Å²) in [6.45, 7) is 4.44. The van der Waals surface area contributed by atoms with Gasteiger partial charge in [0, 0.05) is 24.5 Å². The number of amides is 1. The molecule has 1 aromatic heterocycles. The molecule has 0 bridgehead atoms. The molecule has 0 atom stereocenters. The van der Waals surface area contributed by atoms with Gasteiger partial charge in [0.15, 0.2) is 5.13 Å². The van der Waals surface area contributed by atoms with Crippen molar-refractivity contribution < 1.29 is 9.53 Å². The topological polar surface area (TPSA) is 68.5 Å². The van der Waals surface area contributed by atoms with Gasteiger partial charge in [0.2, 0.25) is 5.91 Å². The molecule has 0 spiro atoms. The quantitative estimate of drug-likeness (QED) is 0.860. The molecule has 2 N–H and O–H groups in total. The minimum absolute atomic E-state index is 0.00662. The van der Waals surface area contributed by atoms with Crippen molar-refractivity contribution in [3.63, 3.8) is 0 Å². The Hall–Kier alpha value is -2.08. The number of ether oxygens (including phenoxy) is 1. The monoisotopic (exact) mass is 291 g/mol. The SMILES string of the molecule is CCN(C(C)=O)c1nc(COc2ccc(N)cc2)cs1. The van der Waals surface area contributed by atoms with Crippen LogP contribution in [0.3, 0.4) is 0 Å². The van der Waals surface area contributed by atoms with Crippen LogP contribution in [-0.2, 0) is 11.4 Å². The highest BCUT2D eigenvalue weighted by Gasteiger charge is 2.13. The van der Waals surface area contributed by atoms with Crippen LogP contribution < -0.4 is 15.4 Å². The van der Waals surface area contributed by atoms with Gasteiger partial charge in [-0.1, -0.05) is 0 Å². The lowest BCUT2D eigenvalue weighted by atomic mass is 10.3. The molecule has 0 saturated carbocycles. The van der Waals surface area contributed by atoms with Crippen molar-refractivity contribution in [3.8, 4) is 5.75 Å². The molecule has 2 aromatic rings. The van der Waals surface area contributed by atoms with Crippen molar-refractivity contribution in [3.05, 3.63) is 35.3 Å². The van der Waals surface area contributed by atoms with Gasteiger partial charge >= 0.3 is 0 Å². The fourth-order valence-electron chi connectivity index (χ4n) is 1.70. The van der Waals surface area contributed by atoms with Gasteiger partial charge in [-0.2, -0.15) is 0 Å². The second-order valence-corrected chi connectivity index (χ2v) is 5.08. The molecule has 0 aliphatic heterocycles. The van der Waals surface area contributed by atoms with Crippen LogP contribution in [0.5, 0.6) is 5.75 Å². The van der Waals surface area contributed by atoms with Crippen molar-refractivity contribution in [2.75, 3.05) is 17.2 Å². The third-order valence-electron chi connectivity index (χ3n) is 2.73. The van der Waals surface area contributed by atoms with Crippen molar-refractivity contribution in [1.29, 1.82) is 0 Å². The van der Waals surface area contributed by atoms with E-state index in [0.717, 1.165) is 11.4 Å². The first kappa shape index (κ1) is 14.3. The van der Waals surface area contributed by atoms with E-state index in [1.165, 1.54) is 18.3 Å². The predicted octanol–water partition coefficient (Wildman–Crippen LogP) is 2.68. The van der Waals surface area contributed by atoms with Crippen LogP contribution in [-0.4, -0.2) is 17.4 Å². The van der Waals surface area contributed by atoms with Gasteiger partial charge in [-0.25, -0.2) is 4.98 Å². The molecule has 1 aromatic carbocycles. The molecule has 1 heterocycles. The molecular weight excluding hydrogens is 274 g/mol. The Balaban J connectivity index is 1.99. The van der Waals surface area contributed by atoms with Gasteiger partial charge in [-0.15, -0.1) is 11.3 Å². The minimum atomic E-state index is -0.00662. The van der Waals surface area contributed by atoms with Crippen molar-refractivity contribution in [2.45, 2.75) is 20.5 Å². The number of anilines is 2. The number of hydrogen-bond acceptors (Lipinski definition) is 5. The molecule has 0 saturated heterocycles. The highest BCUT2D eigenvalue weighted by Crippen LogP contribution is 2.22. The maximum absolute atomic E-state index is 11.4. The number of nitrogens with zero attached hydrogens (tertiary/aromatic N) is 2. The molecule has 106 valence electrons. The lowest BCUT2D eigenvalue weighted by Crippen LogP contribution is -2.27. The normalized spacial score (nSPS) is 10.3. The first-order valence-electron chi connectivity index (χ1n) is 6.31. The zero-order valence-electron chi connectivity index (χ0n) is 11.5. The Morgan fingerprint density at radius 3 is 2.70 bits per heavy atom. The number of hydrogen-bond donors (Lipinski definition) is 1. The van der Waals surface area contributed by atoms with Gasteiger partial charge in [0.05, 0.1) is 5.69 Å². The van der Waals surface area contributed by atoms with Crippen molar-refractivity contribution >= 4 is 28.1 Å². The van der Waals surface area contributed by atoms with Crippen LogP contribution in [0.1, 0.15) is 19.5 Å². The van der Waals surface area contributed by atoms with Gasteiger partial charge in [-0.3, -0.25) is 9.69 Å². The van der Waals surface area contributed by atoms with Crippen LogP contribution in [0.2, 0.25) is 0 Å². The molecule has 20 heavy (non-hydrogen) atoms. The summed E-state index contributed by atoms with van der Waals surface area (Å²) in [5.74, 6) is 0.737. The lowest BCUT2D eigenvalue weighted by Gasteiger charge is -2.14. The largest absolute Gasteiger partial charge is 0.487 e. The Labute approximate surface area is 122 Å². The number of thiazole rings is 1. The standard InChI is InChI=1S/C14H17N3O2S/c1-3-17(10(2)18)14-16-12(9-20-14)8-19-13-6-4-11(15)5-7-13/h4-7,9H,3,8,15H2,1-2H3. The van der Waals surface area contributed by atoms with E-state index in [0.29, 0.717) is 24.0 Å². The summed E-state index contributed by atoms with van der Waals surface area (Å²) < 4.78 is 5.62. The average Bonchev–Trinajstić information content (AvgIpc) is 2.87. The Morgan fingerprint density at radius 1 is 1.40 bits per heavy atom. The van der Waals surface area contributed by atoms with Gasteiger partial charge in [0.1, 0.15) is 12.4 Å². The molecule has 6 heteroatoms. The van der Waals surface area contributed by atoms with Crippen LogP contribution in [0.15, 0.2) is 29.6 Å². The van der Waals surface area contributed by atoms with E-state index in [-0.39, 0.29) is 5.91 Å². The zero-order chi connectivity index (χ0) is 14.5. The van der Waals surface area contributed by atoms with E-state index in [1.54, 1.807) is 17.0 Å². The molecule has 0 aliphatic rings. The number of rotatable bonds is 5. The number of nitrogens with two attached hydrogens (primary N) is 1. The minimum Gasteiger partial charge on any atom is -0.487 e. The second-order valence-electron chi connectivity index (χ2n) is 4.24. The Kier molecular flexibility index (Phi) is 4.57. The fourth-order valence-corrected chi connectivity index (χ4v) is 2.62. The Bertz CT molecular complexity index is 580. The third kappa shape index (κ3) is 3.48. The molecular formula is C14H17N3O2S. The maximum atomic E-state index is 11.4. The third-order valence-corrected chi connectivity index (χ3v) is 3.65. The number of aromatic nitrogens is 1. The van der Waals surface area contributed by atoms with E-state index in [9.17, 15) is 4.79 Å². The summed E-state index contributed by atoms with van der Waals surface area (Å²) in [5, 5.41) is 2.61. The number of carbonyl (C=O) groups is 1. The summed E-state index contributed by atoms with van der Waals surface area (Å²) in [7, 11) is 0. The molecule has 0 unspecified atom stereocenters. The van der Waals surface area contributed by atoms with Crippen LogP contribution >= 0.6 is 11.3 Å². The molecule has 0 radical (unpaired) electrons. The first-order valence-corrected chi connectivity index (χ1v) is 7.19. The zero-order valence-corrected chi connectivity index (χ0v) is 12.3. The number of nitrogen functional groups attached to an aromatic ring is 1. The molecule has 0 aliphatic carbocycles. The molecule has 2 rings (SSSR count). The summed E-state index contributed by atoms with van der Waals surface area (Å²) in [6.07, 6.45) is 0. The summed E-state index contributed by atoms with van der Waals surface area (Å²) in [6, 6.07) is 7.21. The fraction of sp³-hybridized carbons (Fsp3) is 0.286. The number of benzene rings is 1. The summed E-state index contributed by atoms with van der Waals surface area (Å²) >= 11 is 1.44. The van der Waals surface area contributed by atoms with Gasteiger partial charge in [0.25, 0.3) is 0 Å². The number of carbonyl (C=O) groups excluding carboxylic acids is 1. The Morgan fingerprint density at radius 2 is 2.10 bits per heavy atom. The maximum Gasteiger partial charge on any atom is 0.225 e. The van der Waals surface area contributed by atoms with Crippen LogP contribution in [0, 0.1) is 0 Å². The molecule has 5 nitrogen and oxygen atoms in total. The summed E-state index contributed by atoms with van der Waals surface area (Å²) in [4.78, 5) is 17.5. The van der Waals surface area contributed by atoms with E-state index in [4.69, 9.17) is 10.5 Å². The van der Waals surface area contributed by atoms with E-state index in [1.807, 2.05) is 24.4 Å².